The van der Waals surface area contributed by atoms with Crippen LogP contribution in [0.15, 0.2) is 22.7 Å². The number of likely N-dealkylation sites (tertiary alicyclic amines) is 1. The predicted octanol–water partition coefficient (Wildman–Crippen LogP) is 1.25. The number of β-amino-alcohol motifs (C(OH)–C–C–N with tert-alkyl or cyclic N) is 1. The topological polar surface area (TPSA) is 77.8 Å². The number of carbonyl (C=O) groups excluding carboxylic acids is 1. The Labute approximate surface area is 116 Å². The third kappa shape index (κ3) is 2.93. The lowest BCUT2D eigenvalue weighted by molar-refractivity contribution is -0.141. The van der Waals surface area contributed by atoms with Gasteiger partial charge >= 0.3 is 5.97 Å². The molecule has 0 aromatic heterocycles. The van der Waals surface area contributed by atoms with Crippen molar-refractivity contribution in [2.24, 2.45) is 0 Å². The van der Waals surface area contributed by atoms with Crippen LogP contribution >= 0.6 is 15.9 Å². The highest BCUT2D eigenvalue weighted by Gasteiger charge is 2.39. The molecule has 0 saturated carbocycles. The Hall–Kier alpha value is -1.47. The number of hydrogen-bond donors (Lipinski definition) is 2. The summed E-state index contributed by atoms with van der Waals surface area (Å²) >= 11 is 3.07. The van der Waals surface area contributed by atoms with Crippen LogP contribution in [0.4, 0.5) is 4.39 Å². The van der Waals surface area contributed by atoms with Crippen molar-refractivity contribution in [1.29, 1.82) is 0 Å². The highest BCUT2D eigenvalue weighted by Crippen LogP contribution is 2.23. The predicted molar refractivity (Wildman–Crippen MR) is 67.2 cm³/mol. The number of benzene rings is 1. The summed E-state index contributed by atoms with van der Waals surface area (Å²) in [5.74, 6) is -2.38. The monoisotopic (exact) mass is 331 g/mol. The lowest BCUT2D eigenvalue weighted by Crippen LogP contribution is -2.40. The average Bonchev–Trinajstić information content (AvgIpc) is 2.69. The van der Waals surface area contributed by atoms with Crippen molar-refractivity contribution >= 4 is 27.8 Å². The zero-order valence-corrected chi connectivity index (χ0v) is 11.3. The maximum atomic E-state index is 13.2. The molecule has 0 aliphatic carbocycles. The summed E-state index contributed by atoms with van der Waals surface area (Å²) in [6, 6.07) is 2.57. The van der Waals surface area contributed by atoms with Crippen LogP contribution in [0, 0.1) is 5.82 Å². The number of aliphatic hydroxyl groups is 1. The molecule has 7 heteroatoms. The van der Waals surface area contributed by atoms with Gasteiger partial charge in [-0.2, -0.15) is 0 Å². The van der Waals surface area contributed by atoms with Gasteiger partial charge < -0.3 is 15.1 Å². The maximum Gasteiger partial charge on any atom is 0.326 e. The smallest absolute Gasteiger partial charge is 0.326 e. The summed E-state index contributed by atoms with van der Waals surface area (Å²) in [5.41, 5.74) is 0.0484. The minimum absolute atomic E-state index is 0.0163. The van der Waals surface area contributed by atoms with E-state index in [0.717, 1.165) is 11.0 Å². The van der Waals surface area contributed by atoms with Gasteiger partial charge in [0.25, 0.3) is 5.91 Å². The molecule has 102 valence electrons. The molecular formula is C12H11BrFNO4. The van der Waals surface area contributed by atoms with Crippen molar-refractivity contribution in [1.82, 2.24) is 4.90 Å². The summed E-state index contributed by atoms with van der Waals surface area (Å²) < 4.78 is 13.6. The Morgan fingerprint density at radius 3 is 2.63 bits per heavy atom. The zero-order valence-electron chi connectivity index (χ0n) is 9.72. The van der Waals surface area contributed by atoms with Crippen LogP contribution in [0.3, 0.4) is 0 Å². The number of aliphatic hydroxyl groups excluding tert-OH is 1. The van der Waals surface area contributed by atoms with Crippen molar-refractivity contribution in [3.8, 4) is 0 Å². The van der Waals surface area contributed by atoms with Crippen molar-refractivity contribution in [3.05, 3.63) is 34.1 Å². The molecule has 0 bridgehead atoms. The van der Waals surface area contributed by atoms with E-state index in [2.05, 4.69) is 15.9 Å². The van der Waals surface area contributed by atoms with Crippen LogP contribution in [-0.4, -0.2) is 45.7 Å². The molecule has 1 aliphatic rings. The van der Waals surface area contributed by atoms with E-state index in [9.17, 15) is 19.1 Å². The van der Waals surface area contributed by atoms with Crippen molar-refractivity contribution in [3.63, 3.8) is 0 Å². The maximum absolute atomic E-state index is 13.2. The number of aliphatic carboxylic acids is 1. The molecule has 0 spiro atoms. The fourth-order valence-electron chi connectivity index (χ4n) is 2.12. The van der Waals surface area contributed by atoms with Gasteiger partial charge in [-0.15, -0.1) is 0 Å². The first-order chi connectivity index (χ1) is 8.88. The Morgan fingerprint density at radius 1 is 1.37 bits per heavy atom. The van der Waals surface area contributed by atoms with Gasteiger partial charge in [-0.25, -0.2) is 9.18 Å². The summed E-state index contributed by atoms with van der Waals surface area (Å²) in [7, 11) is 0. The standard InChI is InChI=1S/C12H11BrFNO4/c13-7-1-6(2-8(14)3-7)11(17)15-5-9(16)4-10(15)12(18)19/h1-3,9-10,16H,4-5H2,(H,18,19). The van der Waals surface area contributed by atoms with Gasteiger partial charge in [0, 0.05) is 23.0 Å². The Balaban J connectivity index is 2.30. The summed E-state index contributed by atoms with van der Waals surface area (Å²) in [5, 5.41) is 18.5. The molecule has 2 atom stereocenters. The first kappa shape index (κ1) is 14.0. The van der Waals surface area contributed by atoms with Gasteiger partial charge in [0.2, 0.25) is 0 Å². The number of nitrogens with zero attached hydrogens (tertiary/aromatic N) is 1. The van der Waals surface area contributed by atoms with Crippen LogP contribution in [0.1, 0.15) is 16.8 Å². The van der Waals surface area contributed by atoms with Gasteiger partial charge in [-0.1, -0.05) is 15.9 Å². The minimum Gasteiger partial charge on any atom is -0.480 e. The lowest BCUT2D eigenvalue weighted by atomic mass is 10.1. The van der Waals surface area contributed by atoms with Crippen molar-refractivity contribution < 1.29 is 24.2 Å². The highest BCUT2D eigenvalue weighted by molar-refractivity contribution is 9.10. The molecular weight excluding hydrogens is 321 g/mol. The Morgan fingerprint density at radius 2 is 2.05 bits per heavy atom. The second-order valence-electron chi connectivity index (χ2n) is 4.36. The second kappa shape index (κ2) is 5.26. The number of rotatable bonds is 2. The molecule has 1 aliphatic heterocycles. The molecule has 19 heavy (non-hydrogen) atoms. The molecule has 1 amide bonds. The molecule has 0 radical (unpaired) electrons. The van der Waals surface area contributed by atoms with Crippen LogP contribution < -0.4 is 0 Å². The second-order valence-corrected chi connectivity index (χ2v) is 5.27. The third-order valence-corrected chi connectivity index (χ3v) is 3.39. The van der Waals surface area contributed by atoms with E-state index in [1.54, 1.807) is 0 Å². The van der Waals surface area contributed by atoms with Crippen LogP contribution in [0.25, 0.3) is 0 Å². The van der Waals surface area contributed by atoms with Crippen molar-refractivity contribution in [2.75, 3.05) is 6.54 Å². The SMILES string of the molecule is O=C(O)C1CC(O)CN1C(=O)c1cc(F)cc(Br)c1. The molecule has 1 heterocycles. The van der Waals surface area contributed by atoms with E-state index in [1.807, 2.05) is 0 Å². The van der Waals surface area contributed by atoms with Crippen LogP contribution in [-0.2, 0) is 4.79 Å². The Bertz CT molecular complexity index is 516. The molecule has 5 nitrogen and oxygen atoms in total. The first-order valence-electron chi connectivity index (χ1n) is 5.56. The van der Waals surface area contributed by atoms with E-state index >= 15 is 0 Å². The molecule has 1 aromatic carbocycles. The van der Waals surface area contributed by atoms with Gasteiger partial charge in [0.15, 0.2) is 0 Å². The number of carboxylic acid groups (broad SMARTS) is 1. The van der Waals surface area contributed by atoms with Gasteiger partial charge in [-0.3, -0.25) is 4.79 Å². The minimum atomic E-state index is -1.18. The lowest BCUT2D eigenvalue weighted by Gasteiger charge is -2.21. The normalized spacial score (nSPS) is 22.6. The number of amides is 1. The van der Waals surface area contributed by atoms with Crippen molar-refractivity contribution in [2.45, 2.75) is 18.6 Å². The largest absolute Gasteiger partial charge is 0.480 e. The zero-order chi connectivity index (χ0) is 14.2. The third-order valence-electron chi connectivity index (χ3n) is 2.93. The van der Waals surface area contributed by atoms with Gasteiger partial charge in [0.05, 0.1) is 6.10 Å². The summed E-state index contributed by atoms with van der Waals surface area (Å²) in [4.78, 5) is 24.3. The van der Waals surface area contributed by atoms with E-state index in [0.29, 0.717) is 4.47 Å². The summed E-state index contributed by atoms with van der Waals surface area (Å²) in [6.45, 7) is -0.0655. The average molecular weight is 332 g/mol. The molecule has 1 aromatic rings. The molecule has 1 fully saturated rings. The van der Waals surface area contributed by atoms with E-state index in [-0.39, 0.29) is 18.5 Å². The van der Waals surface area contributed by atoms with E-state index < -0.39 is 29.8 Å². The number of halogens is 2. The van der Waals surface area contributed by atoms with E-state index in [1.165, 1.54) is 12.1 Å². The van der Waals surface area contributed by atoms with E-state index in [4.69, 9.17) is 5.11 Å². The number of carboxylic acids is 1. The fourth-order valence-corrected chi connectivity index (χ4v) is 2.58. The highest BCUT2D eigenvalue weighted by atomic mass is 79.9. The fraction of sp³-hybridized carbons (Fsp3) is 0.333. The number of carbonyl (C=O) groups is 2. The van der Waals surface area contributed by atoms with Gasteiger partial charge in [0.1, 0.15) is 11.9 Å². The molecule has 2 rings (SSSR count). The molecule has 2 N–H and O–H groups in total. The first-order valence-corrected chi connectivity index (χ1v) is 6.35. The van der Waals surface area contributed by atoms with Crippen LogP contribution in [0.2, 0.25) is 0 Å². The number of hydrogen-bond acceptors (Lipinski definition) is 3. The molecule has 2 unspecified atom stereocenters. The quantitative estimate of drug-likeness (QED) is 0.854. The Kier molecular flexibility index (Phi) is 3.86. The van der Waals surface area contributed by atoms with Crippen LogP contribution in [0.5, 0.6) is 0 Å². The molecule has 1 saturated heterocycles. The summed E-state index contributed by atoms with van der Waals surface area (Å²) in [6.07, 6.45) is -0.889. The van der Waals surface area contributed by atoms with Gasteiger partial charge in [-0.05, 0) is 18.2 Å².